The van der Waals surface area contributed by atoms with E-state index in [4.69, 9.17) is 15.5 Å². The molecule has 14 heavy (non-hydrogen) atoms. The quantitative estimate of drug-likeness (QED) is 0.645. The van der Waals surface area contributed by atoms with Crippen molar-refractivity contribution in [2.45, 2.75) is 12.6 Å². The fourth-order valence-corrected chi connectivity index (χ4v) is 1.74. The minimum atomic E-state index is -0.717. The van der Waals surface area contributed by atoms with E-state index in [9.17, 15) is 0 Å². The highest BCUT2D eigenvalue weighted by Crippen LogP contribution is 2.12. The van der Waals surface area contributed by atoms with Crippen LogP contribution in [-0.2, 0) is 6.54 Å². The number of aliphatic hydroxyl groups excluding tert-OH is 2. The number of thiophene rings is 1. The average Bonchev–Trinajstić information content (AvgIpc) is 2.65. The minimum Gasteiger partial charge on any atom is -0.394 e. The topological polar surface area (TPSA) is 76.3 Å². The summed E-state index contributed by atoms with van der Waals surface area (Å²) in [5.41, 5.74) is 0.662. The van der Waals surface area contributed by atoms with Crippen molar-refractivity contribution in [3.05, 3.63) is 21.9 Å². The van der Waals surface area contributed by atoms with Crippen LogP contribution in [0.4, 0.5) is 0 Å². The van der Waals surface area contributed by atoms with Gasteiger partial charge in [0.05, 0.1) is 18.3 Å². The van der Waals surface area contributed by atoms with Crippen molar-refractivity contribution in [3.63, 3.8) is 0 Å². The van der Waals surface area contributed by atoms with Crippen LogP contribution in [0, 0.1) is 11.3 Å². The Morgan fingerprint density at radius 3 is 3.00 bits per heavy atom. The number of nitriles is 1. The normalized spacial score (nSPS) is 12.4. The molecule has 0 aliphatic rings. The lowest BCUT2D eigenvalue weighted by molar-refractivity contribution is 0.0943. The van der Waals surface area contributed by atoms with Gasteiger partial charge in [-0.15, -0.1) is 11.3 Å². The summed E-state index contributed by atoms with van der Waals surface area (Å²) in [6.45, 7) is 0.737. The maximum Gasteiger partial charge on any atom is 0.100 e. The van der Waals surface area contributed by atoms with Gasteiger partial charge in [-0.25, -0.2) is 0 Å². The van der Waals surface area contributed by atoms with E-state index in [1.807, 2.05) is 6.07 Å². The van der Waals surface area contributed by atoms with E-state index < -0.39 is 6.10 Å². The third kappa shape index (κ3) is 3.44. The molecule has 0 fully saturated rings. The van der Waals surface area contributed by atoms with Crippen LogP contribution in [0.15, 0.2) is 11.4 Å². The van der Waals surface area contributed by atoms with Gasteiger partial charge in [0.15, 0.2) is 0 Å². The molecule has 0 amide bonds. The van der Waals surface area contributed by atoms with Gasteiger partial charge in [-0.05, 0) is 6.07 Å². The van der Waals surface area contributed by atoms with E-state index in [0.717, 1.165) is 4.88 Å². The second-order valence-corrected chi connectivity index (χ2v) is 3.88. The Hall–Kier alpha value is -0.930. The molecule has 0 radical (unpaired) electrons. The first-order valence-electron chi connectivity index (χ1n) is 4.23. The molecule has 76 valence electrons. The summed E-state index contributed by atoms with van der Waals surface area (Å²) >= 11 is 1.50. The molecule has 1 aromatic rings. The molecular formula is C9H12N2O2S. The number of nitrogens with one attached hydrogen (secondary N) is 1. The number of hydrogen-bond acceptors (Lipinski definition) is 5. The Labute approximate surface area is 86.4 Å². The predicted octanol–water partition coefficient (Wildman–Crippen LogP) is 0.0626. The molecule has 0 saturated heterocycles. The molecule has 4 nitrogen and oxygen atoms in total. The molecule has 1 aromatic heterocycles. The van der Waals surface area contributed by atoms with Crippen LogP contribution in [0.25, 0.3) is 0 Å². The first kappa shape index (κ1) is 11.1. The Bertz CT molecular complexity index is 319. The summed E-state index contributed by atoms with van der Waals surface area (Å²) in [7, 11) is 0. The Morgan fingerprint density at radius 1 is 1.64 bits per heavy atom. The van der Waals surface area contributed by atoms with Gasteiger partial charge in [-0.3, -0.25) is 0 Å². The first-order valence-corrected chi connectivity index (χ1v) is 5.11. The van der Waals surface area contributed by atoms with Crippen LogP contribution in [0.5, 0.6) is 0 Å². The number of aliphatic hydroxyl groups is 2. The Kier molecular flexibility index (Phi) is 4.56. The summed E-state index contributed by atoms with van der Waals surface area (Å²) < 4.78 is 0. The van der Waals surface area contributed by atoms with Crippen molar-refractivity contribution in [2.75, 3.05) is 13.2 Å². The van der Waals surface area contributed by atoms with Gasteiger partial charge in [0.2, 0.25) is 0 Å². The molecule has 0 aliphatic heterocycles. The summed E-state index contributed by atoms with van der Waals surface area (Å²) in [6, 6.07) is 3.86. The van der Waals surface area contributed by atoms with Crippen molar-refractivity contribution < 1.29 is 10.2 Å². The van der Waals surface area contributed by atoms with Gasteiger partial charge < -0.3 is 15.5 Å². The molecular weight excluding hydrogens is 200 g/mol. The SMILES string of the molecule is N#Cc1csc(CNCC(O)CO)c1. The van der Waals surface area contributed by atoms with Crippen molar-refractivity contribution in [2.24, 2.45) is 0 Å². The molecule has 0 bridgehead atoms. The second kappa shape index (κ2) is 5.73. The lowest BCUT2D eigenvalue weighted by Gasteiger charge is -2.07. The highest BCUT2D eigenvalue weighted by molar-refractivity contribution is 7.10. The molecule has 1 unspecified atom stereocenters. The predicted molar refractivity (Wildman–Crippen MR) is 53.8 cm³/mol. The maximum absolute atomic E-state index is 9.03. The summed E-state index contributed by atoms with van der Waals surface area (Å²) in [5, 5.41) is 30.9. The fourth-order valence-electron chi connectivity index (χ4n) is 0.959. The number of hydrogen-bond donors (Lipinski definition) is 3. The third-order valence-electron chi connectivity index (χ3n) is 1.67. The molecule has 3 N–H and O–H groups in total. The maximum atomic E-state index is 9.03. The molecule has 0 saturated carbocycles. The summed E-state index contributed by atoms with van der Waals surface area (Å²) in [5.74, 6) is 0. The standard InChI is InChI=1S/C9H12N2O2S/c10-2-7-1-9(14-6-7)4-11-3-8(13)5-12/h1,6,8,11-13H,3-5H2. The fraction of sp³-hybridized carbons (Fsp3) is 0.444. The lowest BCUT2D eigenvalue weighted by atomic mass is 10.3. The van der Waals surface area contributed by atoms with Gasteiger partial charge in [-0.1, -0.05) is 0 Å². The molecule has 5 heteroatoms. The third-order valence-corrected chi connectivity index (χ3v) is 2.61. The Balaban J connectivity index is 2.28. The lowest BCUT2D eigenvalue weighted by Crippen LogP contribution is -2.28. The van der Waals surface area contributed by atoms with Crippen LogP contribution < -0.4 is 5.32 Å². The van der Waals surface area contributed by atoms with E-state index in [-0.39, 0.29) is 6.61 Å². The van der Waals surface area contributed by atoms with E-state index in [2.05, 4.69) is 11.4 Å². The zero-order chi connectivity index (χ0) is 10.4. The van der Waals surface area contributed by atoms with Gasteiger partial charge in [-0.2, -0.15) is 5.26 Å². The van der Waals surface area contributed by atoms with Gasteiger partial charge >= 0.3 is 0 Å². The summed E-state index contributed by atoms with van der Waals surface area (Å²) in [6.07, 6.45) is -0.717. The van der Waals surface area contributed by atoms with Crippen LogP contribution in [0.3, 0.4) is 0 Å². The smallest absolute Gasteiger partial charge is 0.100 e. The molecule has 0 aromatic carbocycles. The largest absolute Gasteiger partial charge is 0.394 e. The number of rotatable bonds is 5. The van der Waals surface area contributed by atoms with Gasteiger partial charge in [0.25, 0.3) is 0 Å². The van der Waals surface area contributed by atoms with E-state index in [1.165, 1.54) is 11.3 Å². The molecule has 1 atom stereocenters. The van der Waals surface area contributed by atoms with Crippen LogP contribution in [0.2, 0.25) is 0 Å². The van der Waals surface area contributed by atoms with Crippen molar-refractivity contribution >= 4 is 11.3 Å². The highest BCUT2D eigenvalue weighted by Gasteiger charge is 2.02. The van der Waals surface area contributed by atoms with Gasteiger partial charge in [0, 0.05) is 23.3 Å². The monoisotopic (exact) mass is 212 g/mol. The molecule has 1 rings (SSSR count). The van der Waals surface area contributed by atoms with Crippen molar-refractivity contribution in [1.82, 2.24) is 5.32 Å². The number of nitrogens with zero attached hydrogens (tertiary/aromatic N) is 1. The average molecular weight is 212 g/mol. The van der Waals surface area contributed by atoms with E-state index in [1.54, 1.807) is 5.38 Å². The van der Waals surface area contributed by atoms with Gasteiger partial charge in [0.1, 0.15) is 6.07 Å². The molecule has 1 heterocycles. The Morgan fingerprint density at radius 2 is 2.43 bits per heavy atom. The zero-order valence-electron chi connectivity index (χ0n) is 7.60. The highest BCUT2D eigenvalue weighted by atomic mass is 32.1. The minimum absolute atomic E-state index is 0.235. The van der Waals surface area contributed by atoms with Crippen LogP contribution >= 0.6 is 11.3 Å². The van der Waals surface area contributed by atoms with Crippen molar-refractivity contribution in [1.29, 1.82) is 5.26 Å². The summed E-state index contributed by atoms with van der Waals surface area (Å²) in [4.78, 5) is 1.05. The zero-order valence-corrected chi connectivity index (χ0v) is 8.42. The molecule has 0 aliphatic carbocycles. The van der Waals surface area contributed by atoms with Crippen molar-refractivity contribution in [3.8, 4) is 6.07 Å². The van der Waals surface area contributed by atoms with Crippen LogP contribution in [-0.4, -0.2) is 29.5 Å². The second-order valence-electron chi connectivity index (χ2n) is 2.88. The van der Waals surface area contributed by atoms with Crippen LogP contribution in [0.1, 0.15) is 10.4 Å². The van der Waals surface area contributed by atoms with E-state index in [0.29, 0.717) is 18.7 Å². The van der Waals surface area contributed by atoms with E-state index >= 15 is 0 Å². The first-order chi connectivity index (χ1) is 6.76. The molecule has 0 spiro atoms.